The van der Waals surface area contributed by atoms with Gasteiger partial charge >= 0.3 is 0 Å². The normalized spacial score (nSPS) is 14.4. The molecule has 1 fully saturated rings. The number of nitrogens with zero attached hydrogens (tertiary/aromatic N) is 5. The molecule has 10 heteroatoms. The third-order valence-electron chi connectivity index (χ3n) is 5.86. The van der Waals surface area contributed by atoms with E-state index in [1.807, 2.05) is 6.92 Å². The summed E-state index contributed by atoms with van der Waals surface area (Å²) in [7, 11) is -2.05. The van der Waals surface area contributed by atoms with Gasteiger partial charge in [-0.05, 0) is 51.6 Å². The van der Waals surface area contributed by atoms with Crippen LogP contribution in [-0.4, -0.2) is 61.5 Å². The number of sulfonamides is 1. The summed E-state index contributed by atoms with van der Waals surface area (Å²) in [5.74, 6) is 6.19. The summed E-state index contributed by atoms with van der Waals surface area (Å²) < 4.78 is 42.4. The van der Waals surface area contributed by atoms with E-state index in [1.54, 1.807) is 38.5 Å². The van der Waals surface area contributed by atoms with Crippen molar-refractivity contribution < 1.29 is 12.8 Å². The Hall–Kier alpha value is -3.55. The number of hydrogen-bond acceptors (Lipinski definition) is 7. The molecule has 35 heavy (non-hydrogen) atoms. The number of aryl methyl sites for hydroxylation is 3. The SMILES string of the molecule is Cc1ccc(S(=O)(=O)Nc2cc(C#Cc3c(C)ncnc3N3CCN(C)CC3)cnc2C)c(F)c1. The molecule has 1 saturated heterocycles. The Labute approximate surface area is 205 Å². The van der Waals surface area contributed by atoms with Crippen molar-refractivity contribution in [1.29, 1.82) is 0 Å². The van der Waals surface area contributed by atoms with Gasteiger partial charge in [-0.25, -0.2) is 22.8 Å². The van der Waals surface area contributed by atoms with E-state index >= 15 is 0 Å². The minimum Gasteiger partial charge on any atom is -0.353 e. The van der Waals surface area contributed by atoms with Gasteiger partial charge in [-0.15, -0.1) is 0 Å². The van der Waals surface area contributed by atoms with Crippen LogP contribution < -0.4 is 9.62 Å². The summed E-state index contributed by atoms with van der Waals surface area (Å²) in [6, 6.07) is 5.57. The fourth-order valence-electron chi connectivity index (χ4n) is 3.73. The topological polar surface area (TPSA) is 91.3 Å². The van der Waals surface area contributed by atoms with E-state index in [4.69, 9.17) is 0 Å². The van der Waals surface area contributed by atoms with Crippen LogP contribution >= 0.6 is 0 Å². The first kappa shape index (κ1) is 24.6. The van der Waals surface area contributed by atoms with Gasteiger partial charge in [0.15, 0.2) is 0 Å². The van der Waals surface area contributed by atoms with E-state index in [0.717, 1.165) is 43.3 Å². The smallest absolute Gasteiger partial charge is 0.264 e. The lowest BCUT2D eigenvalue weighted by molar-refractivity contribution is 0.312. The lowest BCUT2D eigenvalue weighted by Crippen LogP contribution is -2.45. The average Bonchev–Trinajstić information content (AvgIpc) is 2.80. The van der Waals surface area contributed by atoms with Crippen LogP contribution in [0.3, 0.4) is 0 Å². The summed E-state index contributed by atoms with van der Waals surface area (Å²) in [4.78, 5) is 17.1. The molecule has 0 spiro atoms. The molecule has 0 atom stereocenters. The molecule has 4 rings (SSSR count). The predicted octanol–water partition coefficient (Wildman–Crippen LogP) is 2.89. The van der Waals surface area contributed by atoms with Crippen LogP contribution in [-0.2, 0) is 10.0 Å². The van der Waals surface area contributed by atoms with Crippen LogP contribution in [0.25, 0.3) is 0 Å². The number of hydrogen-bond donors (Lipinski definition) is 1. The minimum absolute atomic E-state index is 0.233. The van der Waals surface area contributed by atoms with Crippen LogP contribution in [0.2, 0.25) is 0 Å². The van der Waals surface area contributed by atoms with E-state index in [1.165, 1.54) is 12.1 Å². The van der Waals surface area contributed by atoms with E-state index in [9.17, 15) is 12.8 Å². The highest BCUT2D eigenvalue weighted by molar-refractivity contribution is 7.92. The van der Waals surface area contributed by atoms with E-state index in [0.29, 0.717) is 16.8 Å². The second-order valence-corrected chi connectivity index (χ2v) is 10.2. The number of likely N-dealkylation sites (N-methyl/N-ethyl adjacent to an activating group) is 1. The van der Waals surface area contributed by atoms with Gasteiger partial charge < -0.3 is 9.80 Å². The Kier molecular flexibility index (Phi) is 7.00. The molecule has 0 bridgehead atoms. The maximum Gasteiger partial charge on any atom is 0.264 e. The number of rotatable bonds is 4. The van der Waals surface area contributed by atoms with Crippen molar-refractivity contribution in [2.24, 2.45) is 0 Å². The number of anilines is 2. The van der Waals surface area contributed by atoms with Crippen LogP contribution in [0, 0.1) is 38.4 Å². The van der Waals surface area contributed by atoms with Crippen LogP contribution in [0.1, 0.15) is 28.1 Å². The molecule has 3 aromatic rings. The first-order valence-corrected chi connectivity index (χ1v) is 12.6. The summed E-state index contributed by atoms with van der Waals surface area (Å²) >= 11 is 0. The zero-order valence-corrected chi connectivity index (χ0v) is 20.9. The maximum atomic E-state index is 14.3. The molecule has 1 N–H and O–H groups in total. The molecule has 2 aromatic heterocycles. The molecule has 182 valence electrons. The highest BCUT2D eigenvalue weighted by atomic mass is 32.2. The van der Waals surface area contributed by atoms with Crippen molar-refractivity contribution in [3.63, 3.8) is 0 Å². The van der Waals surface area contributed by atoms with Gasteiger partial charge in [0.1, 0.15) is 22.9 Å². The van der Waals surface area contributed by atoms with Gasteiger partial charge in [0.05, 0.1) is 22.6 Å². The highest BCUT2D eigenvalue weighted by Gasteiger charge is 2.21. The van der Waals surface area contributed by atoms with Crippen LogP contribution in [0.5, 0.6) is 0 Å². The standard InChI is InChI=1S/C25H27FN6O2S/c1-17-5-8-24(22(26)13-17)35(33,34)30-23-14-20(15-27-19(23)3)6-7-21-18(2)28-16-29-25(21)32-11-9-31(4)10-12-32/h5,8,13-16,30H,9-12H2,1-4H3. The zero-order chi connectivity index (χ0) is 25.2. The number of nitrogens with one attached hydrogen (secondary N) is 1. The molecule has 0 amide bonds. The number of piperazine rings is 1. The number of benzene rings is 1. The Bertz CT molecular complexity index is 1420. The average molecular weight is 495 g/mol. The molecular weight excluding hydrogens is 467 g/mol. The molecule has 1 aliphatic heterocycles. The largest absolute Gasteiger partial charge is 0.353 e. The Balaban J connectivity index is 1.64. The van der Waals surface area contributed by atoms with Crippen molar-refractivity contribution in [3.8, 4) is 11.8 Å². The molecule has 8 nitrogen and oxygen atoms in total. The van der Waals surface area contributed by atoms with E-state index in [-0.39, 0.29) is 5.69 Å². The van der Waals surface area contributed by atoms with Crippen molar-refractivity contribution in [3.05, 3.63) is 70.7 Å². The molecule has 1 aliphatic rings. The molecule has 0 saturated carbocycles. The van der Waals surface area contributed by atoms with Gasteiger partial charge in [0, 0.05) is 37.9 Å². The zero-order valence-electron chi connectivity index (χ0n) is 20.1. The molecule has 0 radical (unpaired) electrons. The summed E-state index contributed by atoms with van der Waals surface area (Å²) in [6.45, 7) is 8.80. The molecule has 1 aromatic carbocycles. The Morgan fingerprint density at radius 3 is 2.43 bits per heavy atom. The predicted molar refractivity (Wildman–Crippen MR) is 133 cm³/mol. The second-order valence-electron chi connectivity index (χ2n) is 8.59. The van der Waals surface area contributed by atoms with Gasteiger partial charge in [0.2, 0.25) is 0 Å². The number of pyridine rings is 1. The summed E-state index contributed by atoms with van der Waals surface area (Å²) in [6.07, 6.45) is 3.11. The third-order valence-corrected chi connectivity index (χ3v) is 7.26. The highest BCUT2D eigenvalue weighted by Crippen LogP contribution is 2.23. The number of aromatic nitrogens is 3. The number of halogens is 1. The lowest BCUT2D eigenvalue weighted by Gasteiger charge is -2.33. The van der Waals surface area contributed by atoms with Crippen LogP contribution in [0.4, 0.5) is 15.9 Å². The minimum atomic E-state index is -4.14. The lowest BCUT2D eigenvalue weighted by atomic mass is 10.1. The quantitative estimate of drug-likeness (QED) is 0.558. The monoisotopic (exact) mass is 494 g/mol. The van der Waals surface area contributed by atoms with Crippen molar-refractivity contribution in [1.82, 2.24) is 19.9 Å². The fourth-order valence-corrected chi connectivity index (χ4v) is 4.90. The molecule has 0 aliphatic carbocycles. The van der Waals surface area contributed by atoms with Gasteiger partial charge in [0.25, 0.3) is 10.0 Å². The van der Waals surface area contributed by atoms with Gasteiger partial charge in [-0.2, -0.15) is 0 Å². The fraction of sp³-hybridized carbons (Fsp3) is 0.320. The first-order valence-electron chi connectivity index (χ1n) is 11.2. The first-order chi connectivity index (χ1) is 16.6. The van der Waals surface area contributed by atoms with E-state index < -0.39 is 20.7 Å². The molecular formula is C25H27FN6O2S. The summed E-state index contributed by atoms with van der Waals surface area (Å²) in [5.41, 5.74) is 3.30. The summed E-state index contributed by atoms with van der Waals surface area (Å²) in [5, 5.41) is 0. The van der Waals surface area contributed by atoms with Gasteiger partial charge in [-0.3, -0.25) is 9.71 Å². The van der Waals surface area contributed by atoms with Crippen molar-refractivity contribution >= 4 is 21.5 Å². The third kappa shape index (κ3) is 5.58. The Morgan fingerprint density at radius 2 is 1.71 bits per heavy atom. The maximum absolute atomic E-state index is 14.3. The second kappa shape index (κ2) is 9.98. The molecule has 3 heterocycles. The Morgan fingerprint density at radius 1 is 0.971 bits per heavy atom. The van der Waals surface area contributed by atoms with Crippen molar-refractivity contribution in [2.75, 3.05) is 42.8 Å². The molecule has 0 unspecified atom stereocenters. The van der Waals surface area contributed by atoms with E-state index in [2.05, 4.69) is 48.4 Å². The van der Waals surface area contributed by atoms with Crippen LogP contribution in [0.15, 0.2) is 41.7 Å². The van der Waals surface area contributed by atoms with Gasteiger partial charge in [-0.1, -0.05) is 17.9 Å². The van der Waals surface area contributed by atoms with Crippen molar-refractivity contribution in [2.45, 2.75) is 25.7 Å².